The zero-order valence-electron chi connectivity index (χ0n) is 10.1. The predicted molar refractivity (Wildman–Crippen MR) is 61.2 cm³/mol. The Bertz CT molecular complexity index is 321. The third-order valence-electron chi connectivity index (χ3n) is 3.56. The van der Waals surface area contributed by atoms with Crippen molar-refractivity contribution in [3.63, 3.8) is 0 Å². The predicted octanol–water partition coefficient (Wildman–Crippen LogP) is -0.339. The van der Waals surface area contributed by atoms with Gasteiger partial charge in [0.25, 0.3) is 5.91 Å². The number of hydrogen-bond donors (Lipinski definition) is 2. The Morgan fingerprint density at radius 2 is 2.00 bits per heavy atom. The van der Waals surface area contributed by atoms with Crippen molar-refractivity contribution in [2.75, 3.05) is 20.1 Å². The third-order valence-corrected chi connectivity index (χ3v) is 3.56. The summed E-state index contributed by atoms with van der Waals surface area (Å²) < 4.78 is 0. The van der Waals surface area contributed by atoms with Crippen molar-refractivity contribution >= 4 is 11.9 Å². The van der Waals surface area contributed by atoms with Gasteiger partial charge in [-0.15, -0.1) is 0 Å². The first-order valence-electron chi connectivity index (χ1n) is 6.13. The Labute approximate surface area is 101 Å². The summed E-state index contributed by atoms with van der Waals surface area (Å²) in [6, 6.07) is -0.940. The highest BCUT2D eigenvalue weighted by Crippen LogP contribution is 2.23. The van der Waals surface area contributed by atoms with E-state index in [1.54, 1.807) is 7.05 Å². The number of likely N-dealkylation sites (N-methyl/N-ethyl adjacent to an activating group) is 1. The minimum atomic E-state index is -0.903. The highest BCUT2D eigenvalue weighted by molar-refractivity contribution is 5.87. The number of carbonyl (C=O) groups excluding carboxylic acids is 1. The van der Waals surface area contributed by atoms with Crippen LogP contribution in [-0.2, 0) is 9.59 Å². The van der Waals surface area contributed by atoms with Crippen molar-refractivity contribution in [2.45, 2.75) is 37.8 Å². The number of fused-ring (bicyclic) bond motifs is 1. The summed E-state index contributed by atoms with van der Waals surface area (Å²) in [7, 11) is 1.75. The molecule has 2 unspecified atom stereocenters. The molecule has 6 heteroatoms. The van der Waals surface area contributed by atoms with Gasteiger partial charge < -0.3 is 10.4 Å². The first-order valence-corrected chi connectivity index (χ1v) is 6.13. The Kier molecular flexibility index (Phi) is 3.63. The Morgan fingerprint density at radius 1 is 1.35 bits per heavy atom. The molecule has 2 atom stereocenters. The Hall–Kier alpha value is -1.14. The van der Waals surface area contributed by atoms with Crippen LogP contribution in [0.1, 0.15) is 25.7 Å². The lowest BCUT2D eigenvalue weighted by Gasteiger charge is -2.42. The lowest BCUT2D eigenvalue weighted by molar-refractivity contribution is -0.174. The molecule has 2 heterocycles. The fraction of sp³-hybridized carbons (Fsp3) is 0.818. The molecular formula is C11H19N3O3. The number of rotatable bonds is 2. The number of nitrogens with zero attached hydrogens (tertiary/aromatic N) is 2. The molecule has 1 amide bonds. The second-order valence-electron chi connectivity index (χ2n) is 4.62. The number of hydrazine groups is 1. The molecule has 0 aromatic rings. The van der Waals surface area contributed by atoms with Gasteiger partial charge in [0, 0.05) is 13.1 Å². The molecule has 2 N–H and O–H groups in total. The van der Waals surface area contributed by atoms with E-state index in [1.807, 2.05) is 5.01 Å². The molecule has 2 rings (SSSR count). The van der Waals surface area contributed by atoms with Gasteiger partial charge in [0.1, 0.15) is 6.04 Å². The monoisotopic (exact) mass is 241 g/mol. The van der Waals surface area contributed by atoms with Crippen LogP contribution in [0.4, 0.5) is 0 Å². The molecule has 0 bridgehead atoms. The molecule has 2 aliphatic heterocycles. The van der Waals surface area contributed by atoms with Crippen LogP contribution in [0, 0.1) is 0 Å². The van der Waals surface area contributed by atoms with Crippen LogP contribution >= 0.6 is 0 Å². The molecule has 0 aromatic carbocycles. The second-order valence-corrected chi connectivity index (χ2v) is 4.62. The summed E-state index contributed by atoms with van der Waals surface area (Å²) in [5, 5.41) is 15.6. The maximum atomic E-state index is 12.3. The highest BCUT2D eigenvalue weighted by atomic mass is 16.4. The van der Waals surface area contributed by atoms with Gasteiger partial charge in [0.05, 0.1) is 6.04 Å². The summed E-state index contributed by atoms with van der Waals surface area (Å²) in [4.78, 5) is 23.5. The van der Waals surface area contributed by atoms with Gasteiger partial charge in [0.2, 0.25) is 0 Å². The van der Waals surface area contributed by atoms with Crippen LogP contribution in [0.15, 0.2) is 0 Å². The first-order chi connectivity index (χ1) is 8.15. The van der Waals surface area contributed by atoms with Crippen molar-refractivity contribution in [1.29, 1.82) is 0 Å². The molecule has 6 nitrogen and oxygen atoms in total. The molecule has 2 fully saturated rings. The first kappa shape index (κ1) is 12.3. The van der Waals surface area contributed by atoms with Gasteiger partial charge >= 0.3 is 5.97 Å². The van der Waals surface area contributed by atoms with E-state index in [-0.39, 0.29) is 11.9 Å². The minimum absolute atomic E-state index is 0.0999. The van der Waals surface area contributed by atoms with E-state index >= 15 is 0 Å². The molecule has 0 saturated carbocycles. The topological polar surface area (TPSA) is 72.9 Å². The summed E-state index contributed by atoms with van der Waals surface area (Å²) in [6.45, 7) is 1.56. The normalized spacial score (nSPS) is 30.9. The molecule has 2 saturated heterocycles. The lowest BCUT2D eigenvalue weighted by atomic mass is 10.1. The smallest absolute Gasteiger partial charge is 0.328 e. The zero-order chi connectivity index (χ0) is 12.4. The van der Waals surface area contributed by atoms with Crippen molar-refractivity contribution in [3.8, 4) is 0 Å². The maximum Gasteiger partial charge on any atom is 0.328 e. The van der Waals surface area contributed by atoms with Crippen LogP contribution < -0.4 is 5.32 Å². The fourth-order valence-electron chi connectivity index (χ4n) is 2.66. The van der Waals surface area contributed by atoms with Gasteiger partial charge in [-0.05, 0) is 32.7 Å². The van der Waals surface area contributed by atoms with Crippen molar-refractivity contribution in [1.82, 2.24) is 15.3 Å². The van der Waals surface area contributed by atoms with Crippen LogP contribution in [0.25, 0.3) is 0 Å². The molecule has 96 valence electrons. The van der Waals surface area contributed by atoms with Gasteiger partial charge in [-0.1, -0.05) is 0 Å². The molecule has 0 aromatic heterocycles. The molecule has 0 radical (unpaired) electrons. The minimum Gasteiger partial charge on any atom is -0.480 e. The number of hydrogen-bond acceptors (Lipinski definition) is 4. The van der Waals surface area contributed by atoms with E-state index < -0.39 is 12.0 Å². The average molecular weight is 241 g/mol. The number of aliphatic carboxylic acids is 1. The van der Waals surface area contributed by atoms with Gasteiger partial charge in [0.15, 0.2) is 0 Å². The van der Waals surface area contributed by atoms with Crippen molar-refractivity contribution in [2.24, 2.45) is 0 Å². The van der Waals surface area contributed by atoms with E-state index in [9.17, 15) is 14.7 Å². The Morgan fingerprint density at radius 3 is 2.59 bits per heavy atom. The fourth-order valence-corrected chi connectivity index (χ4v) is 2.66. The summed E-state index contributed by atoms with van der Waals surface area (Å²) >= 11 is 0. The number of amides is 1. The van der Waals surface area contributed by atoms with Crippen LogP contribution in [0.3, 0.4) is 0 Å². The standard InChI is InChI=1S/C11H19N3O3/c1-12-8-4-2-6-13-7-3-5-9(11(16)17)14(13)10(8)15/h8-9,12H,2-7H2,1H3,(H,16,17). The maximum absolute atomic E-state index is 12.3. The van der Waals surface area contributed by atoms with E-state index in [1.165, 1.54) is 5.01 Å². The number of carbonyl (C=O) groups is 2. The number of carboxylic acids is 1. The third kappa shape index (κ3) is 2.28. The Balaban J connectivity index is 2.24. The average Bonchev–Trinajstić information content (AvgIpc) is 2.48. The van der Waals surface area contributed by atoms with E-state index in [0.717, 1.165) is 32.4 Å². The van der Waals surface area contributed by atoms with E-state index in [0.29, 0.717) is 6.42 Å². The molecule has 2 aliphatic rings. The van der Waals surface area contributed by atoms with Crippen molar-refractivity contribution in [3.05, 3.63) is 0 Å². The second kappa shape index (κ2) is 5.01. The summed E-state index contributed by atoms with van der Waals surface area (Å²) in [5.41, 5.74) is 0. The quantitative estimate of drug-likeness (QED) is 0.692. The van der Waals surface area contributed by atoms with Gasteiger partial charge in [-0.25, -0.2) is 9.80 Å². The van der Waals surface area contributed by atoms with Crippen molar-refractivity contribution < 1.29 is 14.7 Å². The van der Waals surface area contributed by atoms with E-state index in [2.05, 4.69) is 5.32 Å². The molecule has 17 heavy (non-hydrogen) atoms. The van der Waals surface area contributed by atoms with Crippen LogP contribution in [-0.4, -0.2) is 59.2 Å². The van der Waals surface area contributed by atoms with E-state index in [4.69, 9.17) is 0 Å². The zero-order valence-corrected chi connectivity index (χ0v) is 10.1. The van der Waals surface area contributed by atoms with Gasteiger partial charge in [-0.2, -0.15) is 0 Å². The molecule has 0 spiro atoms. The SMILES string of the molecule is CNC1CCCN2CCCC(C(=O)O)N2C1=O. The largest absolute Gasteiger partial charge is 0.480 e. The summed E-state index contributed by atoms with van der Waals surface area (Å²) in [5.74, 6) is -1.00. The molecular weight excluding hydrogens is 222 g/mol. The lowest BCUT2D eigenvalue weighted by Crippen LogP contribution is -2.60. The van der Waals surface area contributed by atoms with Crippen LogP contribution in [0.5, 0.6) is 0 Å². The number of nitrogens with one attached hydrogen (secondary N) is 1. The van der Waals surface area contributed by atoms with Gasteiger partial charge in [-0.3, -0.25) is 9.80 Å². The molecule has 0 aliphatic carbocycles. The number of carboxylic acid groups (broad SMARTS) is 1. The highest BCUT2D eigenvalue weighted by Gasteiger charge is 2.40. The van der Waals surface area contributed by atoms with Crippen LogP contribution in [0.2, 0.25) is 0 Å². The summed E-state index contributed by atoms with van der Waals surface area (Å²) in [6.07, 6.45) is 3.08.